The van der Waals surface area contributed by atoms with Crippen LogP contribution in [0.1, 0.15) is 41.4 Å². The fourth-order valence-corrected chi connectivity index (χ4v) is 2.38. The monoisotopic (exact) mass is 358 g/mol. The highest BCUT2D eigenvalue weighted by molar-refractivity contribution is 6.05. The van der Waals surface area contributed by atoms with Crippen molar-refractivity contribution < 1.29 is 38.9 Å². The maximum atomic E-state index is 11.8. The molecule has 0 aliphatic rings. The highest BCUT2D eigenvalue weighted by atomic mass is 16.5. The Kier molecular flexibility index (Phi) is 5.36. The number of carboxylic acids is 2. The minimum Gasteiger partial charge on any atom is -0.478 e. The predicted molar refractivity (Wildman–Crippen MR) is 88.5 cm³/mol. The van der Waals surface area contributed by atoms with E-state index in [1.807, 2.05) is 0 Å². The number of benzene rings is 2. The summed E-state index contributed by atoms with van der Waals surface area (Å²) in [5, 5.41) is 18.4. The Balaban J connectivity index is 2.65. The van der Waals surface area contributed by atoms with Crippen LogP contribution < -0.4 is 0 Å². The summed E-state index contributed by atoms with van der Waals surface area (Å²) in [5.74, 6) is -4.26. The minimum absolute atomic E-state index is 0.167. The zero-order valence-corrected chi connectivity index (χ0v) is 13.8. The molecule has 0 aromatic heterocycles. The predicted octanol–water partition coefficient (Wildman–Crippen LogP) is 2.32. The Labute approximate surface area is 147 Å². The van der Waals surface area contributed by atoms with Gasteiger partial charge in [-0.15, -0.1) is 0 Å². The minimum atomic E-state index is -1.30. The number of hydrogen-bond donors (Lipinski definition) is 2. The topological polar surface area (TPSA) is 127 Å². The second-order valence-corrected chi connectivity index (χ2v) is 5.11. The van der Waals surface area contributed by atoms with Crippen molar-refractivity contribution in [2.45, 2.75) is 0 Å². The lowest BCUT2D eigenvalue weighted by atomic mass is 9.96. The highest BCUT2D eigenvalue weighted by Gasteiger charge is 2.21. The number of carboxylic acid groups (broad SMARTS) is 2. The van der Waals surface area contributed by atoms with Crippen molar-refractivity contribution in [3.8, 4) is 11.1 Å². The van der Waals surface area contributed by atoms with Gasteiger partial charge in [0, 0.05) is 0 Å². The fraction of sp³-hybridized carbons (Fsp3) is 0.111. The summed E-state index contributed by atoms with van der Waals surface area (Å²) in [6.07, 6.45) is 0. The van der Waals surface area contributed by atoms with E-state index in [4.69, 9.17) is 0 Å². The standard InChI is InChI=1S/C18H14O8/c1-25-17(23)13-7-9(3-5-11(13)15(19)20)10-4-6-12(16(21)22)14(8-10)18(24)26-2/h3-8H,1-2H3,(H,19,20)(H,21,22). The van der Waals surface area contributed by atoms with Crippen molar-refractivity contribution in [3.63, 3.8) is 0 Å². The van der Waals surface area contributed by atoms with Crippen LogP contribution >= 0.6 is 0 Å². The Morgan fingerprint density at radius 2 is 1.00 bits per heavy atom. The van der Waals surface area contributed by atoms with E-state index in [-0.39, 0.29) is 22.3 Å². The van der Waals surface area contributed by atoms with Gasteiger partial charge in [-0.25, -0.2) is 19.2 Å². The molecule has 2 aromatic rings. The van der Waals surface area contributed by atoms with E-state index in [2.05, 4.69) is 9.47 Å². The smallest absolute Gasteiger partial charge is 0.338 e. The lowest BCUT2D eigenvalue weighted by molar-refractivity contribution is 0.0579. The van der Waals surface area contributed by atoms with Gasteiger partial charge < -0.3 is 19.7 Å². The molecule has 0 radical (unpaired) electrons. The SMILES string of the molecule is COC(=O)c1cc(-c2ccc(C(=O)O)c(C(=O)OC)c2)ccc1C(=O)O. The quantitative estimate of drug-likeness (QED) is 0.780. The Morgan fingerprint density at radius 3 is 1.27 bits per heavy atom. The van der Waals surface area contributed by atoms with Crippen LogP contribution in [0.25, 0.3) is 11.1 Å². The molecule has 2 rings (SSSR count). The van der Waals surface area contributed by atoms with E-state index in [0.717, 1.165) is 14.2 Å². The van der Waals surface area contributed by atoms with E-state index in [9.17, 15) is 29.4 Å². The van der Waals surface area contributed by atoms with Crippen LogP contribution in [-0.4, -0.2) is 48.3 Å². The molecule has 0 amide bonds. The van der Waals surface area contributed by atoms with Crippen LogP contribution in [0.3, 0.4) is 0 Å². The van der Waals surface area contributed by atoms with Gasteiger partial charge in [-0.2, -0.15) is 0 Å². The molecular formula is C18H14O8. The largest absolute Gasteiger partial charge is 0.478 e. The summed E-state index contributed by atoms with van der Waals surface area (Å²) in [5.41, 5.74) is -0.0132. The number of hydrogen-bond acceptors (Lipinski definition) is 6. The zero-order chi connectivity index (χ0) is 19.4. The van der Waals surface area contributed by atoms with E-state index >= 15 is 0 Å². The average Bonchev–Trinajstić information content (AvgIpc) is 2.65. The van der Waals surface area contributed by atoms with Crippen LogP contribution in [-0.2, 0) is 9.47 Å². The van der Waals surface area contributed by atoms with Crippen LogP contribution in [0, 0.1) is 0 Å². The van der Waals surface area contributed by atoms with E-state index in [1.54, 1.807) is 0 Å². The Bertz CT molecular complexity index is 838. The van der Waals surface area contributed by atoms with Gasteiger partial charge in [-0.3, -0.25) is 0 Å². The molecule has 0 saturated heterocycles. The van der Waals surface area contributed by atoms with Gasteiger partial charge in [0.15, 0.2) is 0 Å². The molecular weight excluding hydrogens is 344 g/mol. The van der Waals surface area contributed by atoms with Crippen molar-refractivity contribution in [3.05, 3.63) is 58.7 Å². The van der Waals surface area contributed by atoms with E-state index in [0.29, 0.717) is 11.1 Å². The molecule has 0 aliphatic heterocycles. The first-order valence-corrected chi connectivity index (χ1v) is 7.21. The maximum Gasteiger partial charge on any atom is 0.338 e. The normalized spacial score (nSPS) is 10.1. The molecule has 0 bridgehead atoms. The van der Waals surface area contributed by atoms with Crippen LogP contribution in [0.5, 0.6) is 0 Å². The van der Waals surface area contributed by atoms with Crippen molar-refractivity contribution in [1.82, 2.24) is 0 Å². The van der Waals surface area contributed by atoms with Crippen LogP contribution in [0.15, 0.2) is 36.4 Å². The number of aromatic carboxylic acids is 2. The first-order valence-electron chi connectivity index (χ1n) is 7.21. The molecule has 26 heavy (non-hydrogen) atoms. The zero-order valence-electron chi connectivity index (χ0n) is 13.8. The number of rotatable bonds is 5. The molecule has 0 heterocycles. The first kappa shape index (κ1) is 18.7. The van der Waals surface area contributed by atoms with Crippen LogP contribution in [0.2, 0.25) is 0 Å². The molecule has 2 N–H and O–H groups in total. The lowest BCUT2D eigenvalue weighted by Gasteiger charge is -2.10. The average molecular weight is 358 g/mol. The third-order valence-electron chi connectivity index (χ3n) is 3.64. The van der Waals surface area contributed by atoms with Gasteiger partial charge in [0.2, 0.25) is 0 Å². The molecule has 8 nitrogen and oxygen atoms in total. The van der Waals surface area contributed by atoms with Gasteiger partial charge in [-0.05, 0) is 35.4 Å². The summed E-state index contributed by atoms with van der Waals surface area (Å²) < 4.78 is 9.19. The third-order valence-corrected chi connectivity index (χ3v) is 3.64. The summed E-state index contributed by atoms with van der Waals surface area (Å²) in [6, 6.07) is 7.93. The number of methoxy groups -OCH3 is 2. The van der Waals surface area contributed by atoms with Gasteiger partial charge in [0.25, 0.3) is 0 Å². The van der Waals surface area contributed by atoms with Gasteiger partial charge in [0.05, 0.1) is 36.5 Å². The van der Waals surface area contributed by atoms with Crippen LogP contribution in [0.4, 0.5) is 0 Å². The summed E-state index contributed by atoms with van der Waals surface area (Å²) >= 11 is 0. The molecule has 0 atom stereocenters. The highest BCUT2D eigenvalue weighted by Crippen LogP contribution is 2.26. The molecule has 0 saturated carbocycles. The summed E-state index contributed by atoms with van der Waals surface area (Å²) in [7, 11) is 2.25. The summed E-state index contributed by atoms with van der Waals surface area (Å²) in [4.78, 5) is 46.2. The molecule has 0 unspecified atom stereocenters. The lowest BCUT2D eigenvalue weighted by Crippen LogP contribution is -2.11. The maximum absolute atomic E-state index is 11.8. The molecule has 2 aromatic carbocycles. The van der Waals surface area contributed by atoms with Crippen molar-refractivity contribution >= 4 is 23.9 Å². The number of ether oxygens (including phenoxy) is 2. The Morgan fingerprint density at radius 1 is 0.654 bits per heavy atom. The van der Waals surface area contributed by atoms with Crippen molar-refractivity contribution in [2.24, 2.45) is 0 Å². The second-order valence-electron chi connectivity index (χ2n) is 5.11. The molecule has 8 heteroatoms. The van der Waals surface area contributed by atoms with E-state index in [1.165, 1.54) is 36.4 Å². The van der Waals surface area contributed by atoms with E-state index < -0.39 is 23.9 Å². The molecule has 0 fully saturated rings. The number of carbonyl (C=O) groups excluding carboxylic acids is 2. The number of esters is 2. The molecule has 134 valence electrons. The molecule has 0 spiro atoms. The fourth-order valence-electron chi connectivity index (χ4n) is 2.38. The van der Waals surface area contributed by atoms with Crippen molar-refractivity contribution in [2.75, 3.05) is 14.2 Å². The summed E-state index contributed by atoms with van der Waals surface area (Å²) in [6.45, 7) is 0. The van der Waals surface area contributed by atoms with Gasteiger partial charge >= 0.3 is 23.9 Å². The second kappa shape index (κ2) is 7.47. The third kappa shape index (κ3) is 3.54. The Hall–Kier alpha value is -3.68. The number of carbonyl (C=O) groups is 4. The van der Waals surface area contributed by atoms with Gasteiger partial charge in [0.1, 0.15) is 0 Å². The van der Waals surface area contributed by atoms with Gasteiger partial charge in [-0.1, -0.05) is 12.1 Å². The first-order chi connectivity index (χ1) is 12.3. The van der Waals surface area contributed by atoms with Crippen molar-refractivity contribution in [1.29, 1.82) is 0 Å². The molecule has 0 aliphatic carbocycles.